The molecule has 1 amide bonds. The van der Waals surface area contributed by atoms with E-state index in [1.54, 1.807) is 0 Å². The van der Waals surface area contributed by atoms with Crippen molar-refractivity contribution in [3.63, 3.8) is 0 Å². The summed E-state index contributed by atoms with van der Waals surface area (Å²) in [4.78, 5) is 24.3. The van der Waals surface area contributed by atoms with Crippen LogP contribution in [0.1, 0.15) is 15.9 Å². The number of anilines is 1. The fourth-order valence-electron chi connectivity index (χ4n) is 2.63. The Morgan fingerprint density at radius 3 is 2.41 bits per heavy atom. The fraction of sp³-hybridized carbons (Fsp3) is 0.150. The third kappa shape index (κ3) is 4.97. The lowest BCUT2D eigenvalue weighted by molar-refractivity contribution is 0.0946. The minimum Gasteiger partial charge on any atom is -0.381 e. The molecule has 0 aliphatic rings. The number of carbonyl (C=O) groups excluding carboxylic acids is 1. The minimum atomic E-state index is -0.940. The van der Waals surface area contributed by atoms with Crippen LogP contribution < -0.4 is 16.2 Å². The predicted molar refractivity (Wildman–Crippen MR) is 106 cm³/mol. The Kier molecular flexibility index (Phi) is 6.56. The molecule has 3 aromatic rings. The van der Waals surface area contributed by atoms with Gasteiger partial charge in [-0.15, -0.1) is 0 Å². The summed E-state index contributed by atoms with van der Waals surface area (Å²) in [6.07, 6.45) is 1.41. The van der Waals surface area contributed by atoms with Crippen LogP contribution in [0.5, 0.6) is 0 Å². The number of nitrogens with zero attached hydrogens (tertiary/aromatic N) is 2. The zero-order chi connectivity index (χ0) is 20.8. The van der Waals surface area contributed by atoms with Crippen LogP contribution in [0.4, 0.5) is 14.5 Å². The first-order valence-corrected chi connectivity index (χ1v) is 9.11. The summed E-state index contributed by atoms with van der Waals surface area (Å²) in [5, 5.41) is 9.32. The van der Waals surface area contributed by atoms with Crippen LogP contribution in [-0.2, 0) is 6.54 Å². The molecule has 0 fully saturated rings. The third-order valence-electron chi connectivity index (χ3n) is 4.08. The zero-order valence-electron chi connectivity index (χ0n) is 15.2. The molecule has 0 saturated heterocycles. The van der Waals surface area contributed by atoms with Crippen molar-refractivity contribution in [3.05, 3.63) is 92.9 Å². The molecule has 0 bridgehead atoms. The van der Waals surface area contributed by atoms with E-state index in [0.29, 0.717) is 5.69 Å². The molecule has 0 atom stereocenters. The molecule has 0 aliphatic heterocycles. The van der Waals surface area contributed by atoms with Crippen LogP contribution >= 0.6 is 11.6 Å². The van der Waals surface area contributed by atoms with Gasteiger partial charge in [0.2, 0.25) is 0 Å². The Bertz CT molecular complexity index is 1050. The first kappa shape index (κ1) is 20.5. The molecule has 3 rings (SSSR count). The molecule has 2 aromatic carbocycles. The highest BCUT2D eigenvalue weighted by atomic mass is 35.5. The molecule has 0 saturated carbocycles. The summed E-state index contributed by atoms with van der Waals surface area (Å²) in [5.74, 6) is -2.75. The van der Waals surface area contributed by atoms with Gasteiger partial charge < -0.3 is 10.6 Å². The van der Waals surface area contributed by atoms with Crippen LogP contribution in [0.3, 0.4) is 0 Å². The number of hydrogen-bond acceptors (Lipinski definition) is 4. The Morgan fingerprint density at radius 1 is 1.03 bits per heavy atom. The molecule has 0 spiro atoms. The van der Waals surface area contributed by atoms with E-state index in [1.165, 1.54) is 16.9 Å². The molecule has 29 heavy (non-hydrogen) atoms. The van der Waals surface area contributed by atoms with Gasteiger partial charge in [-0.1, -0.05) is 48.0 Å². The van der Waals surface area contributed by atoms with E-state index in [2.05, 4.69) is 15.7 Å². The molecule has 0 unspecified atom stereocenters. The van der Waals surface area contributed by atoms with Crippen LogP contribution in [-0.4, -0.2) is 28.8 Å². The average molecular weight is 419 g/mol. The maximum Gasteiger partial charge on any atom is 0.287 e. The molecule has 6 nitrogen and oxygen atoms in total. The highest BCUT2D eigenvalue weighted by Gasteiger charge is 2.16. The quantitative estimate of drug-likeness (QED) is 0.578. The predicted octanol–water partition coefficient (Wildman–Crippen LogP) is 3.07. The maximum atomic E-state index is 13.6. The zero-order valence-corrected chi connectivity index (χ0v) is 15.9. The van der Waals surface area contributed by atoms with Crippen LogP contribution in [0.2, 0.25) is 5.02 Å². The van der Waals surface area contributed by atoms with Crippen LogP contribution in [0, 0.1) is 11.6 Å². The van der Waals surface area contributed by atoms with Gasteiger partial charge in [-0.2, -0.15) is 5.10 Å². The van der Waals surface area contributed by atoms with Gasteiger partial charge in [0, 0.05) is 13.1 Å². The lowest BCUT2D eigenvalue weighted by Crippen LogP contribution is -2.31. The summed E-state index contributed by atoms with van der Waals surface area (Å²) in [7, 11) is 0. The summed E-state index contributed by atoms with van der Waals surface area (Å²) < 4.78 is 28.4. The van der Waals surface area contributed by atoms with Crippen LogP contribution in [0.25, 0.3) is 0 Å². The summed E-state index contributed by atoms with van der Waals surface area (Å²) in [6, 6.07) is 12.5. The van der Waals surface area contributed by atoms with Gasteiger partial charge in [0.15, 0.2) is 0 Å². The number of amides is 1. The number of nitrogens with one attached hydrogen (secondary N) is 2. The van der Waals surface area contributed by atoms with Crippen molar-refractivity contribution in [1.29, 1.82) is 0 Å². The van der Waals surface area contributed by atoms with Crippen molar-refractivity contribution >= 4 is 23.2 Å². The van der Waals surface area contributed by atoms with Gasteiger partial charge in [0.05, 0.1) is 18.4 Å². The average Bonchev–Trinajstić information content (AvgIpc) is 2.71. The Balaban J connectivity index is 1.58. The third-order valence-corrected chi connectivity index (χ3v) is 4.44. The maximum absolute atomic E-state index is 13.6. The molecule has 0 aliphatic carbocycles. The lowest BCUT2D eigenvalue weighted by Gasteiger charge is -2.11. The Morgan fingerprint density at radius 2 is 1.72 bits per heavy atom. The largest absolute Gasteiger partial charge is 0.381 e. The topological polar surface area (TPSA) is 76.0 Å². The number of benzene rings is 2. The number of rotatable bonds is 7. The van der Waals surface area contributed by atoms with E-state index in [0.717, 1.165) is 17.7 Å². The minimum absolute atomic E-state index is 0.0394. The van der Waals surface area contributed by atoms with Crippen molar-refractivity contribution in [3.8, 4) is 0 Å². The molecule has 150 valence electrons. The molecule has 1 aromatic heterocycles. The van der Waals surface area contributed by atoms with Crippen molar-refractivity contribution < 1.29 is 13.6 Å². The van der Waals surface area contributed by atoms with Gasteiger partial charge in [-0.05, 0) is 17.7 Å². The van der Waals surface area contributed by atoms with Gasteiger partial charge in [-0.25, -0.2) is 13.5 Å². The second-order valence-corrected chi connectivity index (χ2v) is 6.48. The van der Waals surface area contributed by atoms with Gasteiger partial charge >= 0.3 is 0 Å². The highest BCUT2D eigenvalue weighted by Crippen LogP contribution is 2.15. The first-order chi connectivity index (χ1) is 14.0. The van der Waals surface area contributed by atoms with E-state index in [1.807, 2.05) is 30.3 Å². The second kappa shape index (κ2) is 9.29. The standard InChI is InChI=1S/C20H17ClF2N4O2/c21-18-16(11-26-27(20(18)29)12-13-5-2-1-3-6-13)24-9-10-25-19(28)17-14(22)7-4-8-15(17)23/h1-8,11,24H,9-10,12H2,(H,25,28). The molecular weight excluding hydrogens is 402 g/mol. The van der Waals surface area contributed by atoms with Crippen LogP contribution in [0.15, 0.2) is 59.5 Å². The molecule has 0 radical (unpaired) electrons. The van der Waals surface area contributed by atoms with E-state index in [9.17, 15) is 18.4 Å². The van der Waals surface area contributed by atoms with E-state index in [-0.39, 0.29) is 24.7 Å². The molecule has 9 heteroatoms. The van der Waals surface area contributed by atoms with Gasteiger partial charge in [-0.3, -0.25) is 9.59 Å². The summed E-state index contributed by atoms with van der Waals surface area (Å²) in [5.41, 5.74) is 0.1000. The number of aromatic nitrogens is 2. The van der Waals surface area contributed by atoms with Gasteiger partial charge in [0.25, 0.3) is 11.5 Å². The van der Waals surface area contributed by atoms with E-state index < -0.39 is 28.7 Å². The fourth-order valence-corrected chi connectivity index (χ4v) is 2.85. The Hall–Kier alpha value is -3.26. The molecule has 2 N–H and O–H groups in total. The number of carbonyl (C=O) groups is 1. The normalized spacial score (nSPS) is 10.6. The molecular formula is C20H17ClF2N4O2. The monoisotopic (exact) mass is 418 g/mol. The van der Waals surface area contributed by atoms with Crippen molar-refractivity contribution in [2.75, 3.05) is 18.4 Å². The van der Waals surface area contributed by atoms with E-state index in [4.69, 9.17) is 11.6 Å². The smallest absolute Gasteiger partial charge is 0.287 e. The number of halogens is 3. The van der Waals surface area contributed by atoms with Crippen molar-refractivity contribution in [2.24, 2.45) is 0 Å². The second-order valence-electron chi connectivity index (χ2n) is 6.10. The SMILES string of the molecule is O=C(NCCNc1cnn(Cc2ccccc2)c(=O)c1Cl)c1c(F)cccc1F. The van der Waals surface area contributed by atoms with Crippen molar-refractivity contribution in [2.45, 2.75) is 6.54 Å². The summed E-state index contributed by atoms with van der Waals surface area (Å²) in [6.45, 7) is 0.505. The van der Waals surface area contributed by atoms with Gasteiger partial charge in [0.1, 0.15) is 22.2 Å². The number of hydrogen-bond donors (Lipinski definition) is 2. The first-order valence-electron chi connectivity index (χ1n) is 8.73. The Labute approximate surface area is 170 Å². The highest BCUT2D eigenvalue weighted by molar-refractivity contribution is 6.32. The van der Waals surface area contributed by atoms with E-state index >= 15 is 0 Å². The van der Waals surface area contributed by atoms with Crippen molar-refractivity contribution in [1.82, 2.24) is 15.1 Å². The lowest BCUT2D eigenvalue weighted by atomic mass is 10.2. The molecule has 1 heterocycles. The summed E-state index contributed by atoms with van der Waals surface area (Å²) >= 11 is 6.12.